The van der Waals surface area contributed by atoms with Crippen molar-refractivity contribution >= 4 is 0 Å². The highest BCUT2D eigenvalue weighted by Gasteiger charge is 2.18. The summed E-state index contributed by atoms with van der Waals surface area (Å²) in [4.78, 5) is 4.12. The number of aromatic nitrogens is 1. The van der Waals surface area contributed by atoms with Crippen molar-refractivity contribution in [2.45, 2.75) is 32.0 Å². The fourth-order valence-corrected chi connectivity index (χ4v) is 2.30. The van der Waals surface area contributed by atoms with E-state index in [1.54, 1.807) is 13.3 Å². The third-order valence-electron chi connectivity index (χ3n) is 3.63. The fourth-order valence-electron chi connectivity index (χ4n) is 2.30. The molecule has 0 saturated heterocycles. The van der Waals surface area contributed by atoms with Crippen LogP contribution < -0.4 is 10.1 Å². The minimum absolute atomic E-state index is 0.0754. The van der Waals surface area contributed by atoms with Crippen LogP contribution in [-0.2, 0) is 0 Å². The molecule has 0 radical (unpaired) electrons. The highest BCUT2D eigenvalue weighted by Crippen LogP contribution is 2.22. The van der Waals surface area contributed by atoms with Gasteiger partial charge in [0.2, 0.25) is 0 Å². The average Bonchev–Trinajstić information content (AvgIpc) is 2.55. The molecule has 4 heteroatoms. The molecule has 2 aromatic rings. The second-order valence-electron chi connectivity index (χ2n) is 5.18. The molecule has 112 valence electrons. The molecular weight excluding hydrogens is 264 g/mol. The average molecular weight is 286 g/mol. The predicted molar refractivity (Wildman–Crippen MR) is 83.2 cm³/mol. The lowest BCUT2D eigenvalue weighted by Gasteiger charge is -2.25. The Hall–Kier alpha value is -1.91. The van der Waals surface area contributed by atoms with Gasteiger partial charge in [0.05, 0.1) is 13.2 Å². The largest absolute Gasteiger partial charge is 0.497 e. The van der Waals surface area contributed by atoms with E-state index < -0.39 is 6.10 Å². The summed E-state index contributed by atoms with van der Waals surface area (Å²) in [5.41, 5.74) is 1.97. The van der Waals surface area contributed by atoms with Gasteiger partial charge in [0, 0.05) is 24.5 Å². The molecule has 0 saturated carbocycles. The van der Waals surface area contributed by atoms with Crippen LogP contribution in [0.2, 0.25) is 0 Å². The SMILES string of the molecule is COc1ccc([C@H](O)[C@@H](C)N[C@H](C)c2cccnc2)cc1. The van der Waals surface area contributed by atoms with Gasteiger partial charge in [-0.2, -0.15) is 0 Å². The Morgan fingerprint density at radius 2 is 1.81 bits per heavy atom. The summed E-state index contributed by atoms with van der Waals surface area (Å²) >= 11 is 0. The number of aliphatic hydroxyl groups is 1. The van der Waals surface area contributed by atoms with Gasteiger partial charge in [-0.3, -0.25) is 4.98 Å². The maximum Gasteiger partial charge on any atom is 0.118 e. The number of pyridine rings is 1. The summed E-state index contributed by atoms with van der Waals surface area (Å²) in [6, 6.07) is 11.5. The van der Waals surface area contributed by atoms with Gasteiger partial charge in [0.25, 0.3) is 0 Å². The van der Waals surface area contributed by atoms with Crippen LogP contribution in [0.1, 0.15) is 37.1 Å². The van der Waals surface area contributed by atoms with E-state index in [4.69, 9.17) is 4.74 Å². The van der Waals surface area contributed by atoms with Gasteiger partial charge in [-0.25, -0.2) is 0 Å². The number of rotatable bonds is 6. The Balaban J connectivity index is 2.00. The van der Waals surface area contributed by atoms with Crippen LogP contribution in [0.25, 0.3) is 0 Å². The third kappa shape index (κ3) is 4.03. The summed E-state index contributed by atoms with van der Waals surface area (Å²) in [5, 5.41) is 13.8. The highest BCUT2D eigenvalue weighted by molar-refractivity contribution is 5.29. The van der Waals surface area contributed by atoms with Gasteiger partial charge >= 0.3 is 0 Å². The normalized spacial score (nSPS) is 15.2. The van der Waals surface area contributed by atoms with Gasteiger partial charge in [-0.1, -0.05) is 18.2 Å². The molecule has 0 fully saturated rings. The van der Waals surface area contributed by atoms with Gasteiger partial charge in [-0.15, -0.1) is 0 Å². The van der Waals surface area contributed by atoms with Crippen LogP contribution in [0.5, 0.6) is 5.75 Å². The van der Waals surface area contributed by atoms with Gasteiger partial charge in [0.1, 0.15) is 5.75 Å². The number of benzene rings is 1. The minimum atomic E-state index is -0.574. The van der Waals surface area contributed by atoms with Gasteiger partial charge < -0.3 is 15.2 Å². The van der Waals surface area contributed by atoms with Crippen molar-refractivity contribution in [3.63, 3.8) is 0 Å². The molecule has 1 aromatic carbocycles. The van der Waals surface area contributed by atoms with E-state index in [0.717, 1.165) is 16.9 Å². The molecule has 4 nitrogen and oxygen atoms in total. The number of hydrogen-bond donors (Lipinski definition) is 2. The number of methoxy groups -OCH3 is 1. The maximum absolute atomic E-state index is 10.4. The maximum atomic E-state index is 10.4. The molecule has 21 heavy (non-hydrogen) atoms. The Labute approximate surface area is 125 Å². The highest BCUT2D eigenvalue weighted by atomic mass is 16.5. The Morgan fingerprint density at radius 1 is 1.10 bits per heavy atom. The van der Waals surface area contributed by atoms with Crippen LogP contribution in [0.15, 0.2) is 48.8 Å². The van der Waals surface area contributed by atoms with E-state index >= 15 is 0 Å². The molecular formula is C17H22N2O2. The quantitative estimate of drug-likeness (QED) is 0.857. The second-order valence-corrected chi connectivity index (χ2v) is 5.18. The second kappa shape index (κ2) is 7.20. The lowest BCUT2D eigenvalue weighted by Crippen LogP contribution is -2.34. The molecule has 0 spiro atoms. The molecule has 2 rings (SSSR count). The molecule has 2 N–H and O–H groups in total. The molecule has 0 aliphatic carbocycles. The van der Waals surface area contributed by atoms with Gasteiger partial charge in [-0.05, 0) is 43.2 Å². The zero-order valence-corrected chi connectivity index (χ0v) is 12.7. The lowest BCUT2D eigenvalue weighted by atomic mass is 10.0. The first-order chi connectivity index (χ1) is 10.1. The summed E-state index contributed by atoms with van der Waals surface area (Å²) in [6.45, 7) is 4.04. The molecule has 0 amide bonds. The van der Waals surface area contributed by atoms with Crippen LogP contribution >= 0.6 is 0 Å². The summed E-state index contributed by atoms with van der Waals surface area (Å²) in [6.07, 6.45) is 3.02. The fraction of sp³-hybridized carbons (Fsp3) is 0.353. The Bertz CT molecular complexity index is 542. The minimum Gasteiger partial charge on any atom is -0.497 e. The Kier molecular flexibility index (Phi) is 5.31. The van der Waals surface area contributed by atoms with Crippen LogP contribution in [-0.4, -0.2) is 23.2 Å². The van der Waals surface area contributed by atoms with E-state index in [1.165, 1.54) is 0 Å². The lowest BCUT2D eigenvalue weighted by molar-refractivity contribution is 0.130. The predicted octanol–water partition coefficient (Wildman–Crippen LogP) is 2.86. The van der Waals surface area contributed by atoms with Crippen molar-refractivity contribution in [2.24, 2.45) is 0 Å². The van der Waals surface area contributed by atoms with E-state index in [9.17, 15) is 5.11 Å². The van der Waals surface area contributed by atoms with Crippen molar-refractivity contribution in [1.29, 1.82) is 0 Å². The zero-order valence-electron chi connectivity index (χ0n) is 12.7. The molecule has 1 heterocycles. The molecule has 1 aromatic heterocycles. The topological polar surface area (TPSA) is 54.4 Å². The molecule has 0 aliphatic rings. The van der Waals surface area contributed by atoms with Crippen LogP contribution in [0.4, 0.5) is 0 Å². The molecule has 0 aliphatic heterocycles. The summed E-state index contributed by atoms with van der Waals surface area (Å²) in [7, 11) is 1.63. The van der Waals surface area contributed by atoms with Crippen LogP contribution in [0.3, 0.4) is 0 Å². The molecule has 0 bridgehead atoms. The standard InChI is InChI=1S/C17H22N2O2/c1-12(15-5-4-10-18-11-15)19-13(2)17(20)14-6-8-16(21-3)9-7-14/h4-13,17,19-20H,1-3H3/t12-,13-,17-/m1/s1. The van der Waals surface area contributed by atoms with E-state index in [0.29, 0.717) is 0 Å². The number of nitrogens with one attached hydrogen (secondary N) is 1. The van der Waals surface area contributed by atoms with Crippen molar-refractivity contribution in [2.75, 3.05) is 7.11 Å². The van der Waals surface area contributed by atoms with Crippen molar-refractivity contribution in [3.8, 4) is 5.75 Å². The first-order valence-corrected chi connectivity index (χ1v) is 7.10. The van der Waals surface area contributed by atoms with Crippen molar-refractivity contribution in [3.05, 3.63) is 59.9 Å². The first kappa shape index (κ1) is 15.5. The van der Waals surface area contributed by atoms with Gasteiger partial charge in [0.15, 0.2) is 0 Å². The van der Waals surface area contributed by atoms with E-state index in [2.05, 4.69) is 17.2 Å². The van der Waals surface area contributed by atoms with Crippen molar-refractivity contribution in [1.82, 2.24) is 10.3 Å². The van der Waals surface area contributed by atoms with E-state index in [-0.39, 0.29) is 12.1 Å². The monoisotopic (exact) mass is 286 g/mol. The van der Waals surface area contributed by atoms with E-state index in [1.807, 2.05) is 49.5 Å². The summed E-state index contributed by atoms with van der Waals surface area (Å²) < 4.78 is 5.13. The Morgan fingerprint density at radius 3 is 2.38 bits per heavy atom. The van der Waals surface area contributed by atoms with Crippen molar-refractivity contribution < 1.29 is 9.84 Å². The number of nitrogens with zero attached hydrogens (tertiary/aromatic N) is 1. The number of hydrogen-bond acceptors (Lipinski definition) is 4. The first-order valence-electron chi connectivity index (χ1n) is 7.10. The smallest absolute Gasteiger partial charge is 0.118 e. The number of ether oxygens (including phenoxy) is 1. The third-order valence-corrected chi connectivity index (χ3v) is 3.63. The molecule has 0 unspecified atom stereocenters. The number of aliphatic hydroxyl groups excluding tert-OH is 1. The summed E-state index contributed by atoms with van der Waals surface area (Å²) in [5.74, 6) is 0.787. The van der Waals surface area contributed by atoms with Crippen LogP contribution in [0, 0.1) is 0 Å². The zero-order chi connectivity index (χ0) is 15.2. The molecule has 3 atom stereocenters.